The Hall–Kier alpha value is -2.25. The van der Waals surface area contributed by atoms with Gasteiger partial charge in [0.25, 0.3) is 15.9 Å². The van der Waals surface area contributed by atoms with E-state index >= 15 is 0 Å². The third kappa shape index (κ3) is 3.18. The summed E-state index contributed by atoms with van der Waals surface area (Å²) in [6.45, 7) is 1.78. The van der Waals surface area contributed by atoms with E-state index in [1.807, 2.05) is 0 Å². The van der Waals surface area contributed by atoms with Crippen LogP contribution in [0.4, 0.5) is 11.4 Å². The maximum Gasteiger partial charge on any atom is 0.265 e. The second-order valence-corrected chi connectivity index (χ2v) is 7.34. The molecular weight excluding hydrogens is 352 g/mol. The fourth-order valence-corrected chi connectivity index (χ4v) is 3.90. The lowest BCUT2D eigenvalue weighted by atomic mass is 10.2. The molecule has 24 heavy (non-hydrogen) atoms. The van der Waals surface area contributed by atoms with Crippen molar-refractivity contribution in [2.45, 2.75) is 24.3 Å². The van der Waals surface area contributed by atoms with Crippen molar-refractivity contribution in [3.8, 4) is 5.75 Å². The zero-order chi connectivity index (χ0) is 17.3. The van der Waals surface area contributed by atoms with Gasteiger partial charge in [-0.05, 0) is 30.7 Å². The van der Waals surface area contributed by atoms with Crippen LogP contribution in [0.15, 0.2) is 47.4 Å². The van der Waals surface area contributed by atoms with Gasteiger partial charge in [0.15, 0.2) is 11.9 Å². The summed E-state index contributed by atoms with van der Waals surface area (Å²) in [7, 11) is -3.94. The van der Waals surface area contributed by atoms with Crippen molar-refractivity contribution in [1.82, 2.24) is 0 Å². The molecule has 0 aromatic heterocycles. The maximum atomic E-state index is 12.7. The first kappa shape index (κ1) is 16.6. The lowest BCUT2D eigenvalue weighted by Crippen LogP contribution is -2.37. The van der Waals surface area contributed by atoms with Crippen LogP contribution >= 0.6 is 11.6 Å². The molecule has 1 aliphatic rings. The molecule has 2 aromatic rings. The highest BCUT2D eigenvalue weighted by Crippen LogP contribution is 2.39. The lowest BCUT2D eigenvalue weighted by molar-refractivity contribution is -0.123. The van der Waals surface area contributed by atoms with Crippen LogP contribution in [0, 0.1) is 0 Å². The molecule has 3 rings (SSSR count). The summed E-state index contributed by atoms with van der Waals surface area (Å²) < 4.78 is 33.6. The molecule has 0 aliphatic carbocycles. The van der Waals surface area contributed by atoms with E-state index in [-0.39, 0.29) is 27.3 Å². The van der Waals surface area contributed by atoms with Gasteiger partial charge in [-0.2, -0.15) is 0 Å². The van der Waals surface area contributed by atoms with Crippen LogP contribution in [-0.2, 0) is 14.8 Å². The predicted octanol–water partition coefficient (Wildman–Crippen LogP) is 3.25. The Kier molecular flexibility index (Phi) is 4.38. The van der Waals surface area contributed by atoms with Crippen molar-refractivity contribution in [2.24, 2.45) is 0 Å². The van der Waals surface area contributed by atoms with Crippen LogP contribution < -0.4 is 14.8 Å². The van der Waals surface area contributed by atoms with Gasteiger partial charge >= 0.3 is 0 Å². The smallest absolute Gasteiger partial charge is 0.265 e. The number of nitrogens with one attached hydrogen (secondary N) is 2. The molecular formula is C16H15ClN2O4S. The minimum absolute atomic E-state index is 0.0919. The van der Waals surface area contributed by atoms with Gasteiger partial charge in [0.2, 0.25) is 0 Å². The fraction of sp³-hybridized carbons (Fsp3) is 0.188. The maximum absolute atomic E-state index is 12.7. The van der Waals surface area contributed by atoms with Gasteiger partial charge in [0, 0.05) is 10.7 Å². The minimum atomic E-state index is -3.94. The molecule has 1 atom stereocenters. The van der Waals surface area contributed by atoms with E-state index < -0.39 is 16.1 Å². The Morgan fingerprint density at radius 3 is 2.62 bits per heavy atom. The number of anilines is 2. The molecule has 0 saturated carbocycles. The average molecular weight is 367 g/mol. The van der Waals surface area contributed by atoms with Crippen LogP contribution in [0.1, 0.15) is 13.3 Å². The average Bonchev–Trinajstić information content (AvgIpc) is 2.54. The Morgan fingerprint density at radius 1 is 1.25 bits per heavy atom. The van der Waals surface area contributed by atoms with Gasteiger partial charge in [-0.1, -0.05) is 36.7 Å². The van der Waals surface area contributed by atoms with E-state index in [4.69, 9.17) is 16.3 Å². The first-order valence-corrected chi connectivity index (χ1v) is 9.16. The van der Waals surface area contributed by atoms with Gasteiger partial charge < -0.3 is 10.1 Å². The molecule has 8 heteroatoms. The van der Waals surface area contributed by atoms with Crippen molar-refractivity contribution in [1.29, 1.82) is 0 Å². The van der Waals surface area contributed by atoms with Crippen molar-refractivity contribution in [3.05, 3.63) is 47.5 Å². The lowest BCUT2D eigenvalue weighted by Gasteiger charge is -2.27. The first-order chi connectivity index (χ1) is 11.4. The largest absolute Gasteiger partial charge is 0.477 e. The highest BCUT2D eigenvalue weighted by molar-refractivity contribution is 7.92. The highest BCUT2D eigenvalue weighted by atomic mass is 35.5. The second-order valence-electron chi connectivity index (χ2n) is 5.26. The van der Waals surface area contributed by atoms with E-state index in [0.717, 1.165) is 0 Å². The summed E-state index contributed by atoms with van der Waals surface area (Å²) in [5.74, 6) is -0.235. The summed E-state index contributed by atoms with van der Waals surface area (Å²) in [5, 5.41) is 2.82. The van der Waals surface area contributed by atoms with Crippen LogP contribution in [0.25, 0.3) is 0 Å². The van der Waals surface area contributed by atoms with Gasteiger partial charge in [0.05, 0.1) is 5.69 Å². The number of amides is 1. The Morgan fingerprint density at radius 2 is 1.96 bits per heavy atom. The number of para-hydroxylation sites is 1. The van der Waals surface area contributed by atoms with Gasteiger partial charge in [-0.15, -0.1) is 0 Å². The minimum Gasteiger partial charge on any atom is -0.477 e. The number of carbonyl (C=O) groups is 1. The fourth-order valence-electron chi connectivity index (χ4n) is 2.38. The number of benzene rings is 2. The molecule has 0 saturated heterocycles. The van der Waals surface area contributed by atoms with Crippen LogP contribution in [-0.4, -0.2) is 20.4 Å². The molecule has 1 heterocycles. The number of fused-ring (bicyclic) bond motifs is 1. The number of sulfonamides is 1. The zero-order valence-electron chi connectivity index (χ0n) is 12.7. The van der Waals surface area contributed by atoms with Crippen molar-refractivity contribution < 1.29 is 17.9 Å². The Balaban J connectivity index is 2.06. The van der Waals surface area contributed by atoms with E-state index in [1.54, 1.807) is 37.3 Å². The molecule has 1 amide bonds. The van der Waals surface area contributed by atoms with Crippen LogP contribution in [0.5, 0.6) is 5.75 Å². The normalized spacial score (nSPS) is 16.8. The van der Waals surface area contributed by atoms with E-state index in [1.165, 1.54) is 12.1 Å². The summed E-state index contributed by atoms with van der Waals surface area (Å²) >= 11 is 6.01. The Bertz CT molecular complexity index is 884. The zero-order valence-corrected chi connectivity index (χ0v) is 14.3. The number of rotatable bonds is 4. The second kappa shape index (κ2) is 6.33. The number of ether oxygens (including phenoxy) is 1. The topological polar surface area (TPSA) is 84.5 Å². The number of halogens is 1. The molecule has 0 bridgehead atoms. The third-order valence-corrected chi connectivity index (χ3v) is 5.12. The predicted molar refractivity (Wildman–Crippen MR) is 92.0 cm³/mol. The number of hydrogen-bond donors (Lipinski definition) is 2. The molecule has 6 nitrogen and oxygen atoms in total. The quantitative estimate of drug-likeness (QED) is 0.869. The summed E-state index contributed by atoms with van der Waals surface area (Å²) in [5.41, 5.74) is 0.656. The number of carbonyl (C=O) groups excluding carboxylic acids is 1. The van der Waals surface area contributed by atoms with Crippen molar-refractivity contribution in [2.75, 3.05) is 10.0 Å². The van der Waals surface area contributed by atoms with Gasteiger partial charge in [-0.3, -0.25) is 9.52 Å². The molecule has 126 valence electrons. The van der Waals surface area contributed by atoms with Crippen molar-refractivity contribution >= 4 is 38.9 Å². The van der Waals surface area contributed by atoms with Crippen LogP contribution in [0.3, 0.4) is 0 Å². The van der Waals surface area contributed by atoms with Gasteiger partial charge in [-0.25, -0.2) is 8.42 Å². The Labute approximate surface area is 144 Å². The van der Waals surface area contributed by atoms with Crippen molar-refractivity contribution in [3.63, 3.8) is 0 Å². The van der Waals surface area contributed by atoms with Gasteiger partial charge in [0.1, 0.15) is 4.90 Å². The van der Waals surface area contributed by atoms with E-state index in [2.05, 4.69) is 10.0 Å². The standard InChI is InChI=1S/C16H15ClN2O4S/c1-2-13-16(20)18-12-8-10(17)9-14(15(12)23-13)24(21,22)19-11-6-4-3-5-7-11/h3-9,13,19H,2H2,1H3,(H,18,20). The molecule has 0 fully saturated rings. The summed E-state index contributed by atoms with van der Waals surface area (Å²) in [6, 6.07) is 11.2. The third-order valence-electron chi connectivity index (χ3n) is 3.52. The summed E-state index contributed by atoms with van der Waals surface area (Å²) in [6.07, 6.45) is -0.330. The summed E-state index contributed by atoms with van der Waals surface area (Å²) in [4.78, 5) is 11.8. The SMILES string of the molecule is CCC1Oc2c(cc(Cl)cc2S(=O)(=O)Nc2ccccc2)NC1=O. The van der Waals surface area contributed by atoms with Crippen LogP contribution in [0.2, 0.25) is 5.02 Å². The molecule has 1 unspecified atom stereocenters. The molecule has 0 spiro atoms. The molecule has 2 N–H and O–H groups in total. The first-order valence-electron chi connectivity index (χ1n) is 7.29. The highest BCUT2D eigenvalue weighted by Gasteiger charge is 2.32. The van der Waals surface area contributed by atoms with E-state index in [0.29, 0.717) is 12.1 Å². The molecule has 0 radical (unpaired) electrons. The van der Waals surface area contributed by atoms with E-state index in [9.17, 15) is 13.2 Å². The number of hydrogen-bond acceptors (Lipinski definition) is 4. The molecule has 1 aliphatic heterocycles. The monoisotopic (exact) mass is 366 g/mol. The molecule has 2 aromatic carbocycles.